The van der Waals surface area contributed by atoms with Crippen molar-refractivity contribution in [1.29, 1.82) is 0 Å². The fourth-order valence-corrected chi connectivity index (χ4v) is 4.59. The average Bonchev–Trinajstić information content (AvgIpc) is 3.04. The van der Waals surface area contributed by atoms with Crippen LogP contribution in [0.25, 0.3) is 22.2 Å². The average molecular weight is 388 g/mol. The first kappa shape index (κ1) is 12.0. The van der Waals surface area contributed by atoms with Crippen LogP contribution in [-0.4, -0.2) is 19.0 Å². The van der Waals surface area contributed by atoms with E-state index in [1.54, 1.807) is 0 Å². The van der Waals surface area contributed by atoms with Gasteiger partial charge in [0.15, 0.2) is 0 Å². The number of H-pyrrole nitrogens is 1. The van der Waals surface area contributed by atoms with Gasteiger partial charge in [0, 0.05) is 40.8 Å². The Hall–Kier alpha value is -1.63. The molecule has 0 bridgehead atoms. The number of rotatable bonds is 0. The monoisotopic (exact) mass is 388 g/mol. The van der Waals surface area contributed by atoms with Crippen molar-refractivity contribution >= 4 is 45.7 Å². The summed E-state index contributed by atoms with van der Waals surface area (Å²) in [6, 6.07) is 2.06. The Labute approximate surface area is 135 Å². The van der Waals surface area contributed by atoms with Crippen LogP contribution < -0.4 is 0 Å². The van der Waals surface area contributed by atoms with Gasteiger partial charge in [0.05, 0.1) is 39.9 Å². The Balaban J connectivity index is 1.89. The van der Waals surface area contributed by atoms with E-state index >= 15 is 0 Å². The second-order valence-electron chi connectivity index (χ2n) is 5.65. The summed E-state index contributed by atoms with van der Waals surface area (Å²) < 4.78 is 2.34. The maximum atomic E-state index is 4.71. The van der Waals surface area contributed by atoms with E-state index in [0.29, 0.717) is 0 Å². The third kappa shape index (κ3) is 1.50. The first-order valence-corrected chi connectivity index (χ1v) is 8.21. The van der Waals surface area contributed by atoms with E-state index in [2.05, 4.69) is 47.9 Å². The molecule has 0 unspecified atom stereocenters. The maximum Gasteiger partial charge on any atom is 0.0939 e. The lowest BCUT2D eigenvalue weighted by atomic mass is 9.93. The van der Waals surface area contributed by atoms with Gasteiger partial charge in [-0.2, -0.15) is 0 Å². The molecule has 0 aromatic carbocycles. The van der Waals surface area contributed by atoms with Crippen LogP contribution in [0.3, 0.4) is 0 Å². The lowest BCUT2D eigenvalue weighted by Gasteiger charge is -2.14. The van der Waals surface area contributed by atoms with Crippen molar-refractivity contribution in [2.45, 2.75) is 25.7 Å². The van der Waals surface area contributed by atoms with Crippen LogP contribution in [0.1, 0.15) is 23.4 Å². The summed E-state index contributed by atoms with van der Waals surface area (Å²) >= 11 is 2.44. The van der Waals surface area contributed by atoms with Crippen molar-refractivity contribution in [1.82, 2.24) is 12.7 Å². The zero-order valence-corrected chi connectivity index (χ0v) is 13.5. The number of nitrogens with zero attached hydrogens (tertiary/aromatic N) is 3. The van der Waals surface area contributed by atoms with Crippen LogP contribution in [0.15, 0.2) is 23.5 Å². The van der Waals surface area contributed by atoms with Gasteiger partial charge in [0.2, 0.25) is 0 Å². The zero-order chi connectivity index (χ0) is 14.0. The normalized spacial score (nSPS) is 15.9. The molecule has 1 aliphatic carbocycles. The highest BCUT2D eigenvalue weighted by Gasteiger charge is 2.30. The summed E-state index contributed by atoms with van der Waals surface area (Å²) in [6.45, 7) is 0. The van der Waals surface area contributed by atoms with E-state index in [1.165, 1.54) is 44.8 Å². The second-order valence-corrected chi connectivity index (χ2v) is 6.61. The number of pyridine rings is 1. The molecule has 0 saturated carbocycles. The molecule has 1 N–H and O–H groups in total. The van der Waals surface area contributed by atoms with Crippen molar-refractivity contribution in [3.05, 3.63) is 35.4 Å². The van der Waals surface area contributed by atoms with Gasteiger partial charge in [-0.25, -0.2) is 0 Å². The molecule has 0 atom stereocenters. The molecule has 3 aromatic heterocycles. The Bertz CT molecular complexity index is 916. The first-order chi connectivity index (χ1) is 10.3. The minimum atomic E-state index is 1.04. The van der Waals surface area contributed by atoms with Gasteiger partial charge in [0.1, 0.15) is 0 Å². The van der Waals surface area contributed by atoms with Gasteiger partial charge < -0.3 is 4.98 Å². The van der Waals surface area contributed by atoms with E-state index in [4.69, 9.17) is 4.99 Å². The predicted molar refractivity (Wildman–Crippen MR) is 92.8 cm³/mol. The highest BCUT2D eigenvalue weighted by Crippen LogP contribution is 2.47. The number of halogens is 1. The second kappa shape index (κ2) is 4.19. The maximum absolute atomic E-state index is 4.71. The van der Waals surface area contributed by atoms with Gasteiger partial charge in [0.25, 0.3) is 0 Å². The number of aromatic amines is 1. The Kier molecular flexibility index (Phi) is 2.39. The van der Waals surface area contributed by atoms with Crippen LogP contribution in [0.2, 0.25) is 0 Å². The first-order valence-electron chi connectivity index (χ1n) is 7.24. The fourth-order valence-electron chi connectivity index (χ4n) is 3.64. The zero-order valence-electron chi connectivity index (χ0n) is 11.4. The van der Waals surface area contributed by atoms with Gasteiger partial charge >= 0.3 is 0 Å². The molecular formula is C16H13IN4. The molecule has 0 spiro atoms. The van der Waals surface area contributed by atoms with Gasteiger partial charge in [-0.05, 0) is 37.3 Å². The third-order valence-corrected chi connectivity index (χ3v) is 5.74. The lowest BCUT2D eigenvalue weighted by molar-refractivity contribution is 0.882. The molecule has 0 saturated heterocycles. The van der Waals surface area contributed by atoms with E-state index in [-0.39, 0.29) is 0 Å². The third-order valence-electron chi connectivity index (χ3n) is 4.57. The highest BCUT2D eigenvalue weighted by atomic mass is 127. The van der Waals surface area contributed by atoms with Crippen molar-refractivity contribution in [2.75, 3.05) is 0 Å². The van der Waals surface area contributed by atoms with Crippen molar-refractivity contribution in [3.63, 3.8) is 0 Å². The van der Waals surface area contributed by atoms with E-state index in [9.17, 15) is 0 Å². The fraction of sp³-hybridized carbons (Fsp3) is 0.250. The summed E-state index contributed by atoms with van der Waals surface area (Å²) in [6.07, 6.45) is 10.2. The summed E-state index contributed by atoms with van der Waals surface area (Å²) in [4.78, 5) is 12.6. The molecule has 1 aliphatic heterocycles. The number of fused-ring (bicyclic) bond motifs is 7. The predicted octanol–water partition coefficient (Wildman–Crippen LogP) is 3.98. The Morgan fingerprint density at radius 2 is 2.14 bits per heavy atom. The molecular weight excluding hydrogens is 375 g/mol. The summed E-state index contributed by atoms with van der Waals surface area (Å²) in [5.74, 6) is 0. The van der Waals surface area contributed by atoms with Crippen molar-refractivity contribution in [3.8, 4) is 11.3 Å². The van der Waals surface area contributed by atoms with Crippen LogP contribution >= 0.6 is 22.9 Å². The van der Waals surface area contributed by atoms with Crippen molar-refractivity contribution < 1.29 is 0 Å². The van der Waals surface area contributed by atoms with Gasteiger partial charge in [-0.3, -0.25) is 12.8 Å². The highest BCUT2D eigenvalue weighted by molar-refractivity contribution is 14.1. The number of nitrogens with one attached hydrogen (secondary N) is 1. The summed E-state index contributed by atoms with van der Waals surface area (Å²) in [5.41, 5.74) is 9.09. The van der Waals surface area contributed by atoms with E-state index in [1.807, 2.05) is 12.4 Å². The molecule has 4 nitrogen and oxygen atoms in total. The van der Waals surface area contributed by atoms with Crippen molar-refractivity contribution in [2.24, 2.45) is 4.99 Å². The van der Waals surface area contributed by atoms with Crippen LogP contribution in [0.5, 0.6) is 0 Å². The summed E-state index contributed by atoms with van der Waals surface area (Å²) in [5, 5.41) is 1.26. The summed E-state index contributed by atoms with van der Waals surface area (Å²) in [7, 11) is 0. The molecule has 3 aromatic rings. The van der Waals surface area contributed by atoms with Crippen LogP contribution in [0, 0.1) is 0 Å². The molecule has 4 heterocycles. The molecule has 5 rings (SSSR count). The lowest BCUT2D eigenvalue weighted by Crippen LogP contribution is -2.04. The Morgan fingerprint density at radius 1 is 1.19 bits per heavy atom. The van der Waals surface area contributed by atoms with E-state index in [0.717, 1.165) is 25.7 Å². The number of aliphatic imine (C=N–C) groups is 1. The molecule has 21 heavy (non-hydrogen) atoms. The minimum absolute atomic E-state index is 1.04. The number of hydrogen-bond acceptors (Lipinski definition) is 2. The standard InChI is InChI=1S/C16H13IN4/c17-21-12-4-3-9-10-8-18-7-5-11(10)20-15(9)14(12)16-13(21)2-1-6-19-16/h5-8,20H,1-4H2. The number of aryl methyl sites for hydroxylation is 1. The van der Waals surface area contributed by atoms with Crippen LogP contribution in [-0.2, 0) is 19.3 Å². The SMILES string of the molecule is In1c2c(c3c1CCc1c-3[nH]c3ccncc13)N=CCC2. The van der Waals surface area contributed by atoms with Gasteiger partial charge in [-0.1, -0.05) is 0 Å². The van der Waals surface area contributed by atoms with Crippen LogP contribution in [0.4, 0.5) is 5.69 Å². The quantitative estimate of drug-likeness (QED) is 0.582. The molecule has 5 heteroatoms. The van der Waals surface area contributed by atoms with E-state index < -0.39 is 0 Å². The minimum Gasteiger partial charge on any atom is -0.354 e. The number of hydrogen-bond donors (Lipinski definition) is 1. The Morgan fingerprint density at radius 3 is 3.10 bits per heavy atom. The molecule has 2 aliphatic rings. The largest absolute Gasteiger partial charge is 0.354 e. The molecule has 0 radical (unpaired) electrons. The topological polar surface area (TPSA) is 46.0 Å². The number of aromatic nitrogens is 3. The smallest absolute Gasteiger partial charge is 0.0939 e. The molecule has 0 amide bonds. The molecule has 0 fully saturated rings. The van der Waals surface area contributed by atoms with Gasteiger partial charge in [-0.15, -0.1) is 0 Å². The molecule has 104 valence electrons.